The van der Waals surface area contributed by atoms with E-state index in [1.807, 2.05) is 38.1 Å². The zero-order valence-corrected chi connectivity index (χ0v) is 14.0. The van der Waals surface area contributed by atoms with E-state index in [1.165, 1.54) is 4.88 Å². The van der Waals surface area contributed by atoms with Gasteiger partial charge < -0.3 is 10.6 Å². The van der Waals surface area contributed by atoms with Crippen LogP contribution in [0.4, 0.5) is 11.8 Å². The van der Waals surface area contributed by atoms with Crippen molar-refractivity contribution in [1.82, 2.24) is 15.0 Å². The molecule has 0 unspecified atom stereocenters. The molecule has 2 aromatic heterocycles. The van der Waals surface area contributed by atoms with Crippen molar-refractivity contribution < 1.29 is 0 Å². The number of aryl methyl sites for hydroxylation is 1. The van der Waals surface area contributed by atoms with Gasteiger partial charge in [-0.15, -0.1) is 11.3 Å². The van der Waals surface area contributed by atoms with Gasteiger partial charge in [-0.2, -0.15) is 4.98 Å². The van der Waals surface area contributed by atoms with Crippen LogP contribution in [0.25, 0.3) is 10.6 Å². The Hall–Kier alpha value is -2.47. The summed E-state index contributed by atoms with van der Waals surface area (Å²) in [7, 11) is 0. The Labute approximate surface area is 139 Å². The van der Waals surface area contributed by atoms with E-state index in [1.54, 1.807) is 17.5 Å². The highest BCUT2D eigenvalue weighted by Crippen LogP contribution is 2.28. The minimum atomic E-state index is 0.642. The van der Waals surface area contributed by atoms with Crippen LogP contribution in [0, 0.1) is 6.92 Å². The van der Waals surface area contributed by atoms with Gasteiger partial charge in [0.05, 0.1) is 12.2 Å². The van der Waals surface area contributed by atoms with Crippen molar-refractivity contribution >= 4 is 23.1 Å². The van der Waals surface area contributed by atoms with E-state index >= 15 is 0 Å². The predicted molar refractivity (Wildman–Crippen MR) is 95.8 cm³/mol. The summed E-state index contributed by atoms with van der Waals surface area (Å²) in [6, 6.07) is 12.1. The summed E-state index contributed by atoms with van der Waals surface area (Å²) in [5.74, 6) is 1.45. The van der Waals surface area contributed by atoms with Crippen molar-refractivity contribution in [3.05, 3.63) is 53.2 Å². The molecule has 2 heterocycles. The maximum atomic E-state index is 4.67. The zero-order valence-electron chi connectivity index (χ0n) is 13.2. The fourth-order valence-electron chi connectivity index (χ4n) is 2.17. The van der Waals surface area contributed by atoms with Crippen LogP contribution in [0.2, 0.25) is 0 Å². The summed E-state index contributed by atoms with van der Waals surface area (Å²) in [5.41, 5.74) is 2.21. The minimum Gasteiger partial charge on any atom is -0.365 e. The van der Waals surface area contributed by atoms with Crippen molar-refractivity contribution in [1.29, 1.82) is 0 Å². The van der Waals surface area contributed by atoms with Crippen molar-refractivity contribution in [2.75, 3.05) is 17.2 Å². The topological polar surface area (TPSA) is 62.7 Å². The van der Waals surface area contributed by atoms with Gasteiger partial charge in [-0.1, -0.05) is 30.3 Å². The molecule has 23 heavy (non-hydrogen) atoms. The van der Waals surface area contributed by atoms with Gasteiger partial charge >= 0.3 is 0 Å². The Bertz CT molecular complexity index is 770. The number of nitrogens with one attached hydrogen (secondary N) is 2. The lowest BCUT2D eigenvalue weighted by molar-refractivity contribution is 1.05. The molecule has 0 aliphatic rings. The van der Waals surface area contributed by atoms with Crippen LogP contribution < -0.4 is 10.6 Å². The third-order valence-electron chi connectivity index (χ3n) is 3.33. The second kappa shape index (κ2) is 7.19. The number of nitrogens with zero attached hydrogens (tertiary/aromatic N) is 3. The molecule has 0 fully saturated rings. The first kappa shape index (κ1) is 15.4. The third-order valence-corrected chi connectivity index (χ3v) is 4.54. The number of benzene rings is 1. The van der Waals surface area contributed by atoms with Gasteiger partial charge in [0.15, 0.2) is 0 Å². The standard InChI is InChI=1S/C17H19N5S/c1-3-18-17-19-10-9-15(22-17)20-11-14-12(2)21-16(23-14)13-7-5-4-6-8-13/h4-10H,3,11H2,1-2H3,(H2,18,19,20,22). The number of hydrogen-bond donors (Lipinski definition) is 2. The van der Waals surface area contributed by atoms with Crippen molar-refractivity contribution in [2.45, 2.75) is 20.4 Å². The smallest absolute Gasteiger partial charge is 0.224 e. The molecule has 0 bridgehead atoms. The number of aromatic nitrogens is 3. The van der Waals surface area contributed by atoms with E-state index in [0.29, 0.717) is 12.5 Å². The molecular weight excluding hydrogens is 306 g/mol. The Kier molecular flexibility index (Phi) is 4.83. The fourth-order valence-corrected chi connectivity index (χ4v) is 3.18. The van der Waals surface area contributed by atoms with E-state index in [0.717, 1.165) is 28.6 Å². The second-order valence-corrected chi connectivity index (χ2v) is 6.13. The monoisotopic (exact) mass is 325 g/mol. The van der Waals surface area contributed by atoms with Gasteiger partial charge in [0.25, 0.3) is 0 Å². The predicted octanol–water partition coefficient (Wildman–Crippen LogP) is 3.95. The van der Waals surface area contributed by atoms with Crippen LogP contribution >= 0.6 is 11.3 Å². The molecule has 3 aromatic rings. The highest BCUT2D eigenvalue weighted by Gasteiger charge is 2.09. The SMILES string of the molecule is CCNc1nccc(NCc2sc(-c3ccccc3)nc2C)n1. The number of rotatable bonds is 6. The van der Waals surface area contributed by atoms with E-state index < -0.39 is 0 Å². The van der Waals surface area contributed by atoms with Crippen LogP contribution in [0.1, 0.15) is 17.5 Å². The molecule has 3 rings (SSSR count). The first-order valence-electron chi connectivity index (χ1n) is 7.58. The van der Waals surface area contributed by atoms with Crippen LogP contribution in [-0.4, -0.2) is 21.5 Å². The van der Waals surface area contributed by atoms with E-state index in [-0.39, 0.29) is 0 Å². The molecule has 0 amide bonds. The average Bonchev–Trinajstić information content (AvgIpc) is 2.95. The van der Waals surface area contributed by atoms with E-state index in [9.17, 15) is 0 Å². The lowest BCUT2D eigenvalue weighted by Gasteiger charge is -2.06. The Morgan fingerprint density at radius 2 is 1.87 bits per heavy atom. The molecule has 5 nitrogen and oxygen atoms in total. The van der Waals surface area contributed by atoms with Crippen LogP contribution in [0.5, 0.6) is 0 Å². The van der Waals surface area contributed by atoms with Gasteiger partial charge in [-0.05, 0) is 19.9 Å². The molecule has 0 spiro atoms. The maximum Gasteiger partial charge on any atom is 0.224 e. The van der Waals surface area contributed by atoms with Gasteiger partial charge in [0.1, 0.15) is 10.8 Å². The van der Waals surface area contributed by atoms with Crippen LogP contribution in [0.15, 0.2) is 42.6 Å². The molecule has 0 radical (unpaired) electrons. The molecular formula is C17H19N5S. The summed E-state index contributed by atoms with van der Waals surface area (Å²) in [5, 5.41) is 7.51. The van der Waals surface area contributed by atoms with Gasteiger partial charge in [0, 0.05) is 23.2 Å². The van der Waals surface area contributed by atoms with Gasteiger partial charge in [0.2, 0.25) is 5.95 Å². The van der Waals surface area contributed by atoms with Crippen LogP contribution in [-0.2, 0) is 6.54 Å². The summed E-state index contributed by atoms with van der Waals surface area (Å²) in [6.07, 6.45) is 1.75. The Morgan fingerprint density at radius 1 is 1.04 bits per heavy atom. The lowest BCUT2D eigenvalue weighted by Crippen LogP contribution is -2.06. The second-order valence-electron chi connectivity index (χ2n) is 5.04. The van der Waals surface area contributed by atoms with Gasteiger partial charge in [-0.3, -0.25) is 0 Å². The van der Waals surface area contributed by atoms with Crippen LogP contribution in [0.3, 0.4) is 0 Å². The lowest BCUT2D eigenvalue weighted by atomic mass is 10.2. The Morgan fingerprint density at radius 3 is 2.65 bits per heavy atom. The van der Waals surface area contributed by atoms with E-state index in [4.69, 9.17) is 0 Å². The highest BCUT2D eigenvalue weighted by molar-refractivity contribution is 7.15. The molecule has 0 saturated carbocycles. The number of thiazole rings is 1. The average molecular weight is 325 g/mol. The van der Waals surface area contributed by atoms with Gasteiger partial charge in [-0.25, -0.2) is 9.97 Å². The summed E-state index contributed by atoms with van der Waals surface area (Å²) in [6.45, 7) is 5.58. The molecule has 0 aliphatic carbocycles. The molecule has 0 aliphatic heterocycles. The number of anilines is 2. The molecule has 2 N–H and O–H groups in total. The highest BCUT2D eigenvalue weighted by atomic mass is 32.1. The minimum absolute atomic E-state index is 0.642. The van der Waals surface area contributed by atoms with E-state index in [2.05, 4.69) is 37.7 Å². The fraction of sp³-hybridized carbons (Fsp3) is 0.235. The Balaban J connectivity index is 1.71. The van der Waals surface area contributed by atoms with Crippen molar-refractivity contribution in [2.24, 2.45) is 0 Å². The molecule has 118 valence electrons. The molecule has 0 saturated heterocycles. The van der Waals surface area contributed by atoms with Crippen molar-refractivity contribution in [3.8, 4) is 10.6 Å². The van der Waals surface area contributed by atoms with Crippen molar-refractivity contribution in [3.63, 3.8) is 0 Å². The quantitative estimate of drug-likeness (QED) is 0.718. The normalized spacial score (nSPS) is 10.5. The summed E-state index contributed by atoms with van der Waals surface area (Å²) >= 11 is 1.71. The third kappa shape index (κ3) is 3.84. The molecule has 0 atom stereocenters. The molecule has 6 heteroatoms. The zero-order chi connectivity index (χ0) is 16.1. The maximum absolute atomic E-state index is 4.67. The molecule has 1 aromatic carbocycles. The number of hydrogen-bond acceptors (Lipinski definition) is 6. The first-order valence-corrected chi connectivity index (χ1v) is 8.40. The largest absolute Gasteiger partial charge is 0.365 e. The summed E-state index contributed by atoms with van der Waals surface area (Å²) in [4.78, 5) is 14.5. The summed E-state index contributed by atoms with van der Waals surface area (Å²) < 4.78 is 0. The first-order chi connectivity index (χ1) is 11.3.